The number of rotatable bonds is 9. The number of aryl methyl sites for hydroxylation is 2. The third-order valence-electron chi connectivity index (χ3n) is 4.06. The second kappa shape index (κ2) is 9.70. The van der Waals surface area contributed by atoms with Crippen molar-refractivity contribution in [1.29, 1.82) is 0 Å². The molecule has 0 heterocycles. The first kappa shape index (κ1) is 19.6. The zero-order valence-corrected chi connectivity index (χ0v) is 15.9. The van der Waals surface area contributed by atoms with Crippen molar-refractivity contribution < 1.29 is 19.0 Å². The summed E-state index contributed by atoms with van der Waals surface area (Å²) in [6.07, 6.45) is 1.14. The van der Waals surface area contributed by atoms with Crippen LogP contribution in [0.25, 0.3) is 0 Å². The van der Waals surface area contributed by atoms with Crippen LogP contribution in [0.3, 0.4) is 0 Å². The Morgan fingerprint density at radius 3 is 2.54 bits per heavy atom. The normalized spacial score (nSPS) is 11.5. The molecular formula is C21H27NO4. The molecule has 5 heteroatoms. The lowest BCUT2D eigenvalue weighted by atomic mass is 10.1. The van der Waals surface area contributed by atoms with Crippen molar-refractivity contribution in [2.24, 2.45) is 0 Å². The minimum absolute atomic E-state index is 0.112. The van der Waals surface area contributed by atoms with Gasteiger partial charge in [-0.2, -0.15) is 0 Å². The van der Waals surface area contributed by atoms with E-state index < -0.39 is 6.10 Å². The van der Waals surface area contributed by atoms with E-state index in [1.807, 2.05) is 49.4 Å². The van der Waals surface area contributed by atoms with Gasteiger partial charge in [-0.15, -0.1) is 0 Å². The molecule has 0 aliphatic rings. The highest BCUT2D eigenvalue weighted by atomic mass is 16.5. The highest BCUT2D eigenvalue weighted by molar-refractivity contribution is 5.80. The Labute approximate surface area is 155 Å². The van der Waals surface area contributed by atoms with Crippen LogP contribution in [0.4, 0.5) is 0 Å². The zero-order chi connectivity index (χ0) is 18.9. The maximum absolute atomic E-state index is 12.2. The highest BCUT2D eigenvalue weighted by Gasteiger charge is 2.14. The average molecular weight is 357 g/mol. The summed E-state index contributed by atoms with van der Waals surface area (Å²) >= 11 is 0. The quantitative estimate of drug-likeness (QED) is 0.698. The third kappa shape index (κ3) is 5.69. The predicted molar refractivity (Wildman–Crippen MR) is 102 cm³/mol. The van der Waals surface area contributed by atoms with Gasteiger partial charge in [-0.05, 0) is 62.1 Å². The Morgan fingerprint density at radius 1 is 1.08 bits per heavy atom. The molecule has 0 radical (unpaired) electrons. The van der Waals surface area contributed by atoms with Crippen LogP contribution in [-0.4, -0.2) is 32.8 Å². The van der Waals surface area contributed by atoms with E-state index in [1.54, 1.807) is 21.1 Å². The topological polar surface area (TPSA) is 56.8 Å². The summed E-state index contributed by atoms with van der Waals surface area (Å²) in [6.45, 7) is 4.34. The lowest BCUT2D eigenvalue weighted by Crippen LogP contribution is -2.36. The van der Waals surface area contributed by atoms with Gasteiger partial charge >= 0.3 is 0 Å². The number of carbonyl (C=O) groups excluding carboxylic acids is 1. The molecule has 26 heavy (non-hydrogen) atoms. The number of hydrogen-bond donors (Lipinski definition) is 1. The summed E-state index contributed by atoms with van der Waals surface area (Å²) in [5.74, 6) is 2.03. The van der Waals surface area contributed by atoms with E-state index in [0.29, 0.717) is 23.8 Å². The second-order valence-electron chi connectivity index (χ2n) is 6.16. The molecule has 1 amide bonds. The van der Waals surface area contributed by atoms with Crippen molar-refractivity contribution in [2.75, 3.05) is 20.8 Å². The molecule has 0 spiro atoms. The molecule has 140 valence electrons. The summed E-state index contributed by atoms with van der Waals surface area (Å²) in [5.41, 5.74) is 2.24. The van der Waals surface area contributed by atoms with E-state index in [0.717, 1.165) is 24.0 Å². The van der Waals surface area contributed by atoms with Crippen LogP contribution >= 0.6 is 0 Å². The van der Waals surface area contributed by atoms with Crippen molar-refractivity contribution in [3.63, 3.8) is 0 Å². The minimum atomic E-state index is -0.530. The van der Waals surface area contributed by atoms with Crippen LogP contribution in [0.15, 0.2) is 42.5 Å². The molecule has 1 N–H and O–H groups in total. The molecule has 1 atom stereocenters. The lowest BCUT2D eigenvalue weighted by Gasteiger charge is -2.15. The monoisotopic (exact) mass is 357 g/mol. The maximum atomic E-state index is 12.2. The number of ether oxygens (including phenoxy) is 3. The van der Waals surface area contributed by atoms with E-state index >= 15 is 0 Å². The van der Waals surface area contributed by atoms with Crippen LogP contribution in [0.2, 0.25) is 0 Å². The smallest absolute Gasteiger partial charge is 0.260 e. The number of benzene rings is 2. The lowest BCUT2D eigenvalue weighted by molar-refractivity contribution is -0.127. The number of methoxy groups -OCH3 is 2. The van der Waals surface area contributed by atoms with E-state index in [4.69, 9.17) is 14.2 Å². The number of carbonyl (C=O) groups is 1. The molecule has 2 rings (SSSR count). The van der Waals surface area contributed by atoms with Gasteiger partial charge in [0.1, 0.15) is 5.75 Å². The average Bonchev–Trinajstić information content (AvgIpc) is 2.64. The number of hydrogen-bond acceptors (Lipinski definition) is 4. The Bertz CT molecular complexity index is 730. The summed E-state index contributed by atoms with van der Waals surface area (Å²) in [5, 5.41) is 2.92. The second-order valence-corrected chi connectivity index (χ2v) is 6.16. The first-order valence-corrected chi connectivity index (χ1v) is 8.75. The van der Waals surface area contributed by atoms with Gasteiger partial charge in [-0.25, -0.2) is 0 Å². The van der Waals surface area contributed by atoms with Gasteiger partial charge in [0.15, 0.2) is 17.6 Å². The molecular weight excluding hydrogens is 330 g/mol. The van der Waals surface area contributed by atoms with E-state index in [9.17, 15) is 4.79 Å². The molecule has 0 bridgehead atoms. The van der Waals surface area contributed by atoms with Gasteiger partial charge in [-0.3, -0.25) is 4.79 Å². The van der Waals surface area contributed by atoms with Gasteiger partial charge in [-0.1, -0.05) is 18.2 Å². The molecule has 2 aromatic carbocycles. The molecule has 0 aliphatic heterocycles. The molecule has 0 unspecified atom stereocenters. The van der Waals surface area contributed by atoms with Gasteiger partial charge in [0.05, 0.1) is 14.2 Å². The van der Waals surface area contributed by atoms with Crippen LogP contribution in [0.5, 0.6) is 17.2 Å². The predicted octanol–water partition coefficient (Wildman–Crippen LogP) is 3.53. The fraction of sp³-hybridized carbons (Fsp3) is 0.381. The van der Waals surface area contributed by atoms with E-state index in [1.165, 1.54) is 0 Å². The van der Waals surface area contributed by atoms with E-state index in [-0.39, 0.29) is 5.91 Å². The summed E-state index contributed by atoms with van der Waals surface area (Å²) in [7, 11) is 3.24. The van der Waals surface area contributed by atoms with Gasteiger partial charge < -0.3 is 19.5 Å². The Hall–Kier alpha value is -2.69. The van der Waals surface area contributed by atoms with Gasteiger partial charge in [0.25, 0.3) is 5.91 Å². The minimum Gasteiger partial charge on any atom is -0.493 e. The standard InChI is InChI=1S/C21H27NO4/c1-15-7-5-9-18(13-15)26-16(2)21(23)22-12-6-8-17-10-11-19(24-3)20(14-17)25-4/h5,7,9-11,13-14,16H,6,8,12H2,1-4H3,(H,22,23)/t16-/m0/s1. The summed E-state index contributed by atoms with van der Waals surface area (Å²) in [4.78, 5) is 12.2. The Morgan fingerprint density at radius 2 is 1.85 bits per heavy atom. The SMILES string of the molecule is COc1ccc(CCCNC(=O)[C@H](C)Oc2cccc(C)c2)cc1OC. The van der Waals surface area contributed by atoms with Crippen molar-refractivity contribution in [3.8, 4) is 17.2 Å². The largest absolute Gasteiger partial charge is 0.493 e. The van der Waals surface area contributed by atoms with Crippen molar-refractivity contribution in [3.05, 3.63) is 53.6 Å². The molecule has 0 aromatic heterocycles. The van der Waals surface area contributed by atoms with Crippen molar-refractivity contribution >= 4 is 5.91 Å². The van der Waals surface area contributed by atoms with Crippen LogP contribution in [-0.2, 0) is 11.2 Å². The van der Waals surface area contributed by atoms with Gasteiger partial charge in [0.2, 0.25) is 0 Å². The third-order valence-corrected chi connectivity index (χ3v) is 4.06. The number of nitrogens with one attached hydrogen (secondary N) is 1. The summed E-state index contributed by atoms with van der Waals surface area (Å²) in [6, 6.07) is 13.5. The first-order chi connectivity index (χ1) is 12.5. The van der Waals surface area contributed by atoms with Crippen molar-refractivity contribution in [1.82, 2.24) is 5.32 Å². The van der Waals surface area contributed by atoms with Gasteiger partial charge in [0, 0.05) is 6.54 Å². The summed E-state index contributed by atoms with van der Waals surface area (Å²) < 4.78 is 16.2. The molecule has 2 aromatic rings. The molecule has 0 aliphatic carbocycles. The zero-order valence-electron chi connectivity index (χ0n) is 15.9. The maximum Gasteiger partial charge on any atom is 0.260 e. The molecule has 0 saturated heterocycles. The van der Waals surface area contributed by atoms with E-state index in [2.05, 4.69) is 5.32 Å². The van der Waals surface area contributed by atoms with Crippen molar-refractivity contribution in [2.45, 2.75) is 32.8 Å². The molecule has 0 saturated carbocycles. The van der Waals surface area contributed by atoms with Crippen LogP contribution in [0.1, 0.15) is 24.5 Å². The Kier molecular flexibility index (Phi) is 7.33. The fourth-order valence-corrected chi connectivity index (χ4v) is 2.63. The molecule has 5 nitrogen and oxygen atoms in total. The van der Waals surface area contributed by atoms with Crippen LogP contribution < -0.4 is 19.5 Å². The first-order valence-electron chi connectivity index (χ1n) is 8.75. The molecule has 0 fully saturated rings. The fourth-order valence-electron chi connectivity index (χ4n) is 2.63. The highest BCUT2D eigenvalue weighted by Crippen LogP contribution is 2.27. The number of amides is 1. The Balaban J connectivity index is 1.76. The van der Waals surface area contributed by atoms with Crippen LogP contribution in [0, 0.1) is 6.92 Å².